The molecule has 5 heteroatoms. The van der Waals surface area contributed by atoms with E-state index in [1.165, 1.54) is 7.11 Å². The fourth-order valence-corrected chi connectivity index (χ4v) is 1.90. The molecule has 0 amide bonds. The molecule has 5 nitrogen and oxygen atoms in total. The number of nitrogens with zero attached hydrogens (tertiary/aromatic N) is 1. The molecule has 108 valence electrons. The normalized spacial score (nSPS) is 9.76. The molecule has 2 aromatic carbocycles. The summed E-state index contributed by atoms with van der Waals surface area (Å²) in [5.74, 6) is 1.72. The minimum atomic E-state index is 0.318. The number of ether oxygens (including phenoxy) is 3. The molecule has 0 fully saturated rings. The van der Waals surface area contributed by atoms with Crippen LogP contribution in [0.4, 0.5) is 5.69 Å². The van der Waals surface area contributed by atoms with Crippen molar-refractivity contribution < 1.29 is 14.2 Å². The molecule has 0 radical (unpaired) electrons. The second-order valence-corrected chi connectivity index (χ2v) is 4.35. The second-order valence-electron chi connectivity index (χ2n) is 4.35. The van der Waals surface area contributed by atoms with Crippen LogP contribution in [0.3, 0.4) is 0 Å². The lowest BCUT2D eigenvalue weighted by atomic mass is 10.1. The second kappa shape index (κ2) is 6.53. The Bertz CT molecular complexity index is 678. The highest BCUT2D eigenvalue weighted by molar-refractivity contribution is 5.52. The summed E-state index contributed by atoms with van der Waals surface area (Å²) in [4.78, 5) is 0. The number of anilines is 1. The van der Waals surface area contributed by atoms with Crippen LogP contribution in [0, 0.1) is 11.3 Å². The van der Waals surface area contributed by atoms with Gasteiger partial charge in [0.1, 0.15) is 18.4 Å². The molecule has 0 saturated carbocycles. The lowest BCUT2D eigenvalue weighted by Gasteiger charge is -2.12. The van der Waals surface area contributed by atoms with Crippen LogP contribution in [0.25, 0.3) is 0 Å². The van der Waals surface area contributed by atoms with Crippen molar-refractivity contribution in [3.8, 4) is 23.3 Å². The fourth-order valence-electron chi connectivity index (χ4n) is 1.90. The third-order valence-electron chi connectivity index (χ3n) is 2.97. The predicted octanol–water partition coefficient (Wildman–Crippen LogP) is 2.74. The van der Waals surface area contributed by atoms with Gasteiger partial charge in [-0.25, -0.2) is 0 Å². The van der Waals surface area contributed by atoms with Gasteiger partial charge in [0.2, 0.25) is 0 Å². The molecule has 0 aliphatic carbocycles. The number of hydrogen-bond acceptors (Lipinski definition) is 5. The average molecular weight is 284 g/mol. The fraction of sp³-hybridized carbons (Fsp3) is 0.188. The van der Waals surface area contributed by atoms with E-state index in [-0.39, 0.29) is 0 Å². The van der Waals surface area contributed by atoms with Gasteiger partial charge in [-0.1, -0.05) is 6.07 Å². The SMILES string of the molecule is COc1ccc(COc2ccc(N)cc2OC)cc1C#N. The van der Waals surface area contributed by atoms with Crippen molar-refractivity contribution in [3.05, 3.63) is 47.5 Å². The van der Waals surface area contributed by atoms with E-state index in [0.717, 1.165) is 5.56 Å². The molecule has 0 aliphatic rings. The van der Waals surface area contributed by atoms with Crippen molar-refractivity contribution in [1.29, 1.82) is 5.26 Å². The molecule has 0 unspecified atom stereocenters. The molecule has 0 aliphatic heterocycles. The van der Waals surface area contributed by atoms with Gasteiger partial charge < -0.3 is 19.9 Å². The van der Waals surface area contributed by atoms with E-state index < -0.39 is 0 Å². The highest BCUT2D eigenvalue weighted by Gasteiger charge is 2.07. The summed E-state index contributed by atoms with van der Waals surface area (Å²) in [7, 11) is 3.09. The monoisotopic (exact) mass is 284 g/mol. The highest BCUT2D eigenvalue weighted by Crippen LogP contribution is 2.30. The average Bonchev–Trinajstić information content (AvgIpc) is 2.53. The predicted molar refractivity (Wildman–Crippen MR) is 79.4 cm³/mol. The van der Waals surface area contributed by atoms with Crippen molar-refractivity contribution in [2.24, 2.45) is 0 Å². The Morgan fingerprint density at radius 3 is 2.38 bits per heavy atom. The van der Waals surface area contributed by atoms with E-state index >= 15 is 0 Å². The quantitative estimate of drug-likeness (QED) is 0.854. The molecule has 0 heterocycles. The first kappa shape index (κ1) is 14.5. The van der Waals surface area contributed by atoms with Crippen LogP contribution in [0.2, 0.25) is 0 Å². The van der Waals surface area contributed by atoms with E-state index in [1.807, 2.05) is 6.07 Å². The maximum Gasteiger partial charge on any atom is 0.162 e. The first-order valence-electron chi connectivity index (χ1n) is 6.31. The van der Waals surface area contributed by atoms with Crippen LogP contribution in [-0.4, -0.2) is 14.2 Å². The van der Waals surface area contributed by atoms with E-state index in [2.05, 4.69) is 6.07 Å². The third-order valence-corrected chi connectivity index (χ3v) is 2.97. The zero-order chi connectivity index (χ0) is 15.2. The van der Waals surface area contributed by atoms with Gasteiger partial charge in [-0.05, 0) is 29.8 Å². The van der Waals surface area contributed by atoms with E-state index in [9.17, 15) is 0 Å². The summed E-state index contributed by atoms with van der Waals surface area (Å²) in [5.41, 5.74) is 7.64. The van der Waals surface area contributed by atoms with Crippen LogP contribution >= 0.6 is 0 Å². The Kier molecular flexibility index (Phi) is 4.52. The van der Waals surface area contributed by atoms with Crippen molar-refractivity contribution in [2.45, 2.75) is 6.61 Å². The van der Waals surface area contributed by atoms with Gasteiger partial charge in [-0.2, -0.15) is 5.26 Å². The smallest absolute Gasteiger partial charge is 0.162 e. The molecule has 0 bridgehead atoms. The first-order valence-corrected chi connectivity index (χ1v) is 6.31. The molecule has 2 aromatic rings. The maximum absolute atomic E-state index is 9.07. The lowest BCUT2D eigenvalue weighted by Crippen LogP contribution is -1.99. The molecule has 0 saturated heterocycles. The molecule has 2 N–H and O–H groups in total. The molecule has 0 aromatic heterocycles. The Labute approximate surface area is 123 Å². The number of methoxy groups -OCH3 is 2. The molecular formula is C16H16N2O3. The summed E-state index contributed by atoms with van der Waals surface area (Å²) in [6, 6.07) is 12.6. The Hall–Kier alpha value is -2.87. The van der Waals surface area contributed by atoms with Crippen LogP contribution in [-0.2, 0) is 6.61 Å². The summed E-state index contributed by atoms with van der Waals surface area (Å²) in [6.45, 7) is 0.318. The van der Waals surface area contributed by atoms with Crippen LogP contribution in [0.5, 0.6) is 17.2 Å². The number of nitriles is 1. The van der Waals surface area contributed by atoms with Crippen molar-refractivity contribution >= 4 is 5.69 Å². The van der Waals surface area contributed by atoms with Gasteiger partial charge >= 0.3 is 0 Å². The highest BCUT2D eigenvalue weighted by atomic mass is 16.5. The molecule has 0 spiro atoms. The molecule has 0 atom stereocenters. The van der Waals surface area contributed by atoms with Crippen molar-refractivity contribution in [3.63, 3.8) is 0 Å². The Morgan fingerprint density at radius 2 is 1.71 bits per heavy atom. The number of nitrogen functional groups attached to an aromatic ring is 1. The minimum absolute atomic E-state index is 0.318. The molecule has 21 heavy (non-hydrogen) atoms. The maximum atomic E-state index is 9.07. The third kappa shape index (κ3) is 3.37. The van der Waals surface area contributed by atoms with Gasteiger partial charge in [-0.15, -0.1) is 0 Å². The summed E-state index contributed by atoms with van der Waals surface area (Å²) in [6.07, 6.45) is 0. The van der Waals surface area contributed by atoms with E-state index in [4.69, 9.17) is 25.2 Å². The lowest BCUT2D eigenvalue weighted by molar-refractivity contribution is 0.284. The standard InChI is InChI=1S/C16H16N2O3/c1-19-14-5-3-11(7-12(14)9-17)10-21-15-6-4-13(18)8-16(15)20-2/h3-8H,10,18H2,1-2H3. The van der Waals surface area contributed by atoms with Gasteiger partial charge in [0.05, 0.1) is 19.8 Å². The number of nitrogens with two attached hydrogens (primary N) is 1. The summed E-state index contributed by atoms with van der Waals surface area (Å²) >= 11 is 0. The van der Waals surface area contributed by atoms with Gasteiger partial charge in [0.25, 0.3) is 0 Å². The summed E-state index contributed by atoms with van der Waals surface area (Å²) < 4.78 is 16.0. The van der Waals surface area contributed by atoms with Crippen LogP contribution < -0.4 is 19.9 Å². The van der Waals surface area contributed by atoms with Gasteiger partial charge in [-0.3, -0.25) is 0 Å². The molecule has 2 rings (SSSR count). The Balaban J connectivity index is 2.15. The zero-order valence-corrected chi connectivity index (χ0v) is 11.9. The van der Waals surface area contributed by atoms with Crippen LogP contribution in [0.1, 0.15) is 11.1 Å². The van der Waals surface area contributed by atoms with Gasteiger partial charge in [0, 0.05) is 11.8 Å². The van der Waals surface area contributed by atoms with E-state index in [0.29, 0.717) is 35.1 Å². The topological polar surface area (TPSA) is 77.5 Å². The molecular weight excluding hydrogens is 268 g/mol. The number of benzene rings is 2. The zero-order valence-electron chi connectivity index (χ0n) is 11.9. The largest absolute Gasteiger partial charge is 0.495 e. The number of hydrogen-bond donors (Lipinski definition) is 1. The summed E-state index contributed by atoms with van der Waals surface area (Å²) in [5, 5.41) is 9.07. The van der Waals surface area contributed by atoms with Crippen molar-refractivity contribution in [1.82, 2.24) is 0 Å². The van der Waals surface area contributed by atoms with Crippen LogP contribution in [0.15, 0.2) is 36.4 Å². The van der Waals surface area contributed by atoms with E-state index in [1.54, 1.807) is 37.4 Å². The number of rotatable bonds is 5. The van der Waals surface area contributed by atoms with Gasteiger partial charge in [0.15, 0.2) is 11.5 Å². The Morgan fingerprint density at radius 1 is 1.00 bits per heavy atom. The van der Waals surface area contributed by atoms with Crippen molar-refractivity contribution in [2.75, 3.05) is 20.0 Å². The minimum Gasteiger partial charge on any atom is -0.495 e. The first-order chi connectivity index (χ1) is 10.2.